The van der Waals surface area contributed by atoms with Gasteiger partial charge in [-0.3, -0.25) is 4.79 Å². The molecule has 2 N–H and O–H groups in total. The molecule has 0 bridgehead atoms. The molecule has 0 radical (unpaired) electrons. The first kappa shape index (κ1) is 15.6. The summed E-state index contributed by atoms with van der Waals surface area (Å²) in [6.07, 6.45) is -1.43. The van der Waals surface area contributed by atoms with Gasteiger partial charge < -0.3 is 19.7 Å². The van der Waals surface area contributed by atoms with Gasteiger partial charge in [-0.05, 0) is 13.8 Å². The normalized spacial score (nSPS) is 13.8. The van der Waals surface area contributed by atoms with Gasteiger partial charge in [0.1, 0.15) is 6.10 Å². The van der Waals surface area contributed by atoms with Crippen LogP contribution in [-0.2, 0) is 19.1 Å². The van der Waals surface area contributed by atoms with Crippen molar-refractivity contribution >= 4 is 11.9 Å². The van der Waals surface area contributed by atoms with Crippen molar-refractivity contribution in [1.82, 2.24) is 0 Å². The van der Waals surface area contributed by atoms with Gasteiger partial charge in [0.15, 0.2) is 0 Å². The fraction of sp³-hybridized carbons (Fsp3) is 0.636. The van der Waals surface area contributed by atoms with Crippen molar-refractivity contribution in [2.75, 3.05) is 13.2 Å². The summed E-state index contributed by atoms with van der Waals surface area (Å²) in [7, 11) is 0. The Labute approximate surface area is 99.8 Å². The summed E-state index contributed by atoms with van der Waals surface area (Å²) in [5, 5.41) is 17.4. The second-order valence-corrected chi connectivity index (χ2v) is 3.77. The molecule has 0 aromatic carbocycles. The summed E-state index contributed by atoms with van der Waals surface area (Å²) in [5.41, 5.74) is -0.216. The summed E-state index contributed by atoms with van der Waals surface area (Å²) >= 11 is 0. The zero-order chi connectivity index (χ0) is 13.4. The molecule has 0 spiro atoms. The second kappa shape index (κ2) is 7.81. The van der Waals surface area contributed by atoms with E-state index >= 15 is 0 Å². The molecule has 0 aliphatic carbocycles. The number of aliphatic hydroxyl groups is 1. The van der Waals surface area contributed by atoms with E-state index in [1.54, 1.807) is 13.8 Å². The van der Waals surface area contributed by atoms with Crippen LogP contribution >= 0.6 is 0 Å². The van der Waals surface area contributed by atoms with E-state index in [4.69, 9.17) is 19.7 Å². The Balaban J connectivity index is 3.80. The van der Waals surface area contributed by atoms with Crippen LogP contribution in [-0.4, -0.2) is 47.6 Å². The standard InChI is InChI=1S/C11H18O6/c1-7(11(14)15)4-10(13)17-9(3)6-16-5-8(2)12/h8-9,12H,1,4-6H2,2-3H3,(H,14,15). The number of carboxylic acids is 1. The van der Waals surface area contributed by atoms with E-state index in [0.29, 0.717) is 0 Å². The monoisotopic (exact) mass is 246 g/mol. The maximum Gasteiger partial charge on any atom is 0.331 e. The van der Waals surface area contributed by atoms with Crippen LogP contribution in [0.3, 0.4) is 0 Å². The summed E-state index contributed by atoms with van der Waals surface area (Å²) in [6, 6.07) is 0. The van der Waals surface area contributed by atoms with Crippen LogP contribution < -0.4 is 0 Å². The summed E-state index contributed by atoms with van der Waals surface area (Å²) < 4.78 is 9.93. The minimum absolute atomic E-state index is 0.149. The summed E-state index contributed by atoms with van der Waals surface area (Å²) in [5.74, 6) is -1.88. The molecule has 0 heterocycles. The lowest BCUT2D eigenvalue weighted by Gasteiger charge is -2.14. The molecule has 0 aromatic rings. The predicted octanol–water partition coefficient (Wildman–Crippen LogP) is 0.346. The van der Waals surface area contributed by atoms with E-state index in [9.17, 15) is 9.59 Å². The number of aliphatic hydroxyl groups excluding tert-OH is 1. The Morgan fingerprint density at radius 2 is 1.88 bits per heavy atom. The van der Waals surface area contributed by atoms with E-state index in [0.717, 1.165) is 0 Å². The number of hydrogen-bond donors (Lipinski definition) is 2. The SMILES string of the molecule is C=C(CC(=O)OC(C)COCC(C)O)C(=O)O. The molecule has 0 amide bonds. The molecule has 0 rings (SSSR count). The molecule has 0 fully saturated rings. The maximum absolute atomic E-state index is 11.2. The number of hydrogen-bond acceptors (Lipinski definition) is 5. The predicted molar refractivity (Wildman–Crippen MR) is 59.4 cm³/mol. The van der Waals surface area contributed by atoms with Crippen molar-refractivity contribution in [2.45, 2.75) is 32.5 Å². The van der Waals surface area contributed by atoms with Crippen molar-refractivity contribution in [1.29, 1.82) is 0 Å². The van der Waals surface area contributed by atoms with Gasteiger partial charge in [0.2, 0.25) is 0 Å². The molecule has 0 aliphatic rings. The fourth-order valence-electron chi connectivity index (χ4n) is 0.954. The molecule has 0 aliphatic heterocycles. The van der Waals surface area contributed by atoms with Gasteiger partial charge in [0, 0.05) is 5.57 Å². The Morgan fingerprint density at radius 1 is 1.29 bits per heavy atom. The molecule has 0 saturated heterocycles. The van der Waals surface area contributed by atoms with Crippen molar-refractivity contribution in [2.24, 2.45) is 0 Å². The molecular weight excluding hydrogens is 228 g/mol. The Kier molecular flexibility index (Phi) is 7.16. The maximum atomic E-state index is 11.2. The zero-order valence-corrected chi connectivity index (χ0v) is 10.0. The van der Waals surface area contributed by atoms with Crippen molar-refractivity contribution in [3.05, 3.63) is 12.2 Å². The van der Waals surface area contributed by atoms with Gasteiger partial charge in [-0.15, -0.1) is 0 Å². The van der Waals surface area contributed by atoms with Gasteiger partial charge in [-0.1, -0.05) is 6.58 Å². The highest BCUT2D eigenvalue weighted by atomic mass is 16.6. The highest BCUT2D eigenvalue weighted by Gasteiger charge is 2.14. The molecule has 0 saturated carbocycles. The Morgan fingerprint density at radius 3 is 2.35 bits per heavy atom. The Hall–Kier alpha value is -1.40. The number of rotatable bonds is 8. The van der Waals surface area contributed by atoms with Crippen LogP contribution in [0.1, 0.15) is 20.3 Å². The van der Waals surface area contributed by atoms with Gasteiger partial charge >= 0.3 is 11.9 Å². The van der Waals surface area contributed by atoms with Crippen molar-refractivity contribution < 1.29 is 29.3 Å². The number of carbonyl (C=O) groups excluding carboxylic acids is 1. The molecule has 2 atom stereocenters. The van der Waals surface area contributed by atoms with Crippen molar-refractivity contribution in [3.8, 4) is 0 Å². The number of carboxylic acid groups (broad SMARTS) is 1. The first-order chi connectivity index (χ1) is 7.82. The molecular formula is C11H18O6. The largest absolute Gasteiger partial charge is 0.478 e. The number of carbonyl (C=O) groups is 2. The van der Waals surface area contributed by atoms with Crippen LogP contribution in [0.5, 0.6) is 0 Å². The first-order valence-corrected chi connectivity index (χ1v) is 5.19. The molecule has 0 aromatic heterocycles. The Bertz CT molecular complexity index is 284. The lowest BCUT2D eigenvalue weighted by atomic mass is 10.2. The number of esters is 1. The van der Waals surface area contributed by atoms with Crippen LogP contribution in [0.2, 0.25) is 0 Å². The molecule has 17 heavy (non-hydrogen) atoms. The van der Waals surface area contributed by atoms with Gasteiger partial charge in [-0.2, -0.15) is 0 Å². The molecule has 6 nitrogen and oxygen atoms in total. The highest BCUT2D eigenvalue weighted by molar-refractivity contribution is 5.91. The van der Waals surface area contributed by atoms with E-state index in [1.165, 1.54) is 0 Å². The third kappa shape index (κ3) is 8.41. The van der Waals surface area contributed by atoms with Gasteiger partial charge in [0.25, 0.3) is 0 Å². The fourth-order valence-corrected chi connectivity index (χ4v) is 0.954. The quantitative estimate of drug-likeness (QED) is 0.474. The average molecular weight is 246 g/mol. The van der Waals surface area contributed by atoms with E-state index < -0.39 is 24.1 Å². The average Bonchev–Trinajstić information content (AvgIpc) is 2.16. The molecule has 6 heteroatoms. The summed E-state index contributed by atoms with van der Waals surface area (Å²) in [4.78, 5) is 21.6. The highest BCUT2D eigenvalue weighted by Crippen LogP contribution is 2.03. The van der Waals surface area contributed by atoms with Crippen LogP contribution in [0.4, 0.5) is 0 Å². The summed E-state index contributed by atoms with van der Waals surface area (Å²) in [6.45, 7) is 6.72. The topological polar surface area (TPSA) is 93.1 Å². The third-order valence-corrected chi connectivity index (χ3v) is 1.70. The first-order valence-electron chi connectivity index (χ1n) is 5.19. The van der Waals surface area contributed by atoms with Gasteiger partial charge in [0.05, 0.1) is 25.7 Å². The zero-order valence-electron chi connectivity index (χ0n) is 10.0. The van der Waals surface area contributed by atoms with E-state index in [1.807, 2.05) is 0 Å². The minimum atomic E-state index is -1.22. The lowest BCUT2D eigenvalue weighted by molar-refractivity contribution is -0.151. The van der Waals surface area contributed by atoms with Crippen molar-refractivity contribution in [3.63, 3.8) is 0 Å². The van der Waals surface area contributed by atoms with Crippen LogP contribution in [0.25, 0.3) is 0 Å². The van der Waals surface area contributed by atoms with E-state index in [2.05, 4.69) is 6.58 Å². The van der Waals surface area contributed by atoms with Crippen LogP contribution in [0, 0.1) is 0 Å². The number of aliphatic carboxylic acids is 1. The lowest BCUT2D eigenvalue weighted by Crippen LogP contribution is -2.23. The van der Waals surface area contributed by atoms with Gasteiger partial charge in [-0.25, -0.2) is 4.79 Å². The van der Waals surface area contributed by atoms with Crippen LogP contribution in [0.15, 0.2) is 12.2 Å². The third-order valence-electron chi connectivity index (χ3n) is 1.70. The second-order valence-electron chi connectivity index (χ2n) is 3.77. The molecule has 2 unspecified atom stereocenters. The number of ether oxygens (including phenoxy) is 2. The minimum Gasteiger partial charge on any atom is -0.478 e. The molecule has 98 valence electrons. The smallest absolute Gasteiger partial charge is 0.331 e. The van der Waals surface area contributed by atoms with E-state index in [-0.39, 0.29) is 25.2 Å².